The highest BCUT2D eigenvalue weighted by Crippen LogP contribution is 2.40. The normalized spacial score (nSPS) is 13.5. The maximum atomic E-state index is 2.52. The van der Waals surface area contributed by atoms with Crippen LogP contribution in [0.2, 0.25) is 0 Å². The van der Waals surface area contributed by atoms with Crippen molar-refractivity contribution < 1.29 is 0 Å². The fourth-order valence-electron chi connectivity index (χ4n) is 4.61. The molecule has 1 aliphatic carbocycles. The average Bonchev–Trinajstić information content (AvgIpc) is 3.15. The van der Waals surface area contributed by atoms with Crippen LogP contribution in [0.15, 0.2) is 54.1 Å². The van der Waals surface area contributed by atoms with Gasteiger partial charge in [0.2, 0.25) is 0 Å². The lowest BCUT2D eigenvalue weighted by atomic mass is 9.97. The number of rotatable bonds is 1. The van der Waals surface area contributed by atoms with Crippen molar-refractivity contribution in [3.8, 4) is 5.69 Å². The molecule has 0 bridgehead atoms. The molecule has 5 rings (SSSR count). The van der Waals surface area contributed by atoms with Crippen LogP contribution in [0.1, 0.15) is 34.7 Å². The second-order valence-electron chi connectivity index (χ2n) is 7.73. The van der Waals surface area contributed by atoms with Gasteiger partial charge in [-0.2, -0.15) is 0 Å². The molecule has 26 heavy (non-hydrogen) atoms. The lowest BCUT2D eigenvalue weighted by molar-refractivity contribution is 1.06. The lowest BCUT2D eigenvalue weighted by Crippen LogP contribution is -2.05. The van der Waals surface area contributed by atoms with E-state index in [1.165, 1.54) is 60.9 Å². The summed E-state index contributed by atoms with van der Waals surface area (Å²) in [5.41, 5.74) is 12.4. The Morgan fingerprint density at radius 1 is 0.808 bits per heavy atom. The summed E-state index contributed by atoms with van der Waals surface area (Å²) in [6.45, 7) is 8.98. The highest BCUT2D eigenvalue weighted by molar-refractivity contribution is 6.10. The van der Waals surface area contributed by atoms with Crippen molar-refractivity contribution in [2.45, 2.75) is 34.1 Å². The van der Waals surface area contributed by atoms with Crippen LogP contribution in [0.25, 0.3) is 33.6 Å². The predicted octanol–water partition coefficient (Wildman–Crippen LogP) is 6.67. The molecule has 0 unspecified atom stereocenters. The molecule has 0 N–H and O–H groups in total. The van der Waals surface area contributed by atoms with Crippen molar-refractivity contribution >= 4 is 27.9 Å². The van der Waals surface area contributed by atoms with Crippen LogP contribution in [-0.2, 0) is 6.42 Å². The van der Waals surface area contributed by atoms with E-state index in [1.807, 2.05) is 0 Å². The smallest absolute Gasteiger partial charge is 0.0570 e. The van der Waals surface area contributed by atoms with E-state index in [0.29, 0.717) is 0 Å². The van der Waals surface area contributed by atoms with Crippen LogP contribution >= 0.6 is 0 Å². The van der Waals surface area contributed by atoms with E-state index in [2.05, 4.69) is 86.9 Å². The number of benzene rings is 3. The second kappa shape index (κ2) is 5.35. The van der Waals surface area contributed by atoms with Crippen LogP contribution in [0, 0.1) is 20.8 Å². The molecule has 0 amide bonds. The highest BCUT2D eigenvalue weighted by atomic mass is 15.0. The number of allylic oxidation sites excluding steroid dienone is 1. The molecule has 1 heterocycles. The standard InChI is InChI=1S/C25H23N/c1-15-12-19-14-17(3)18(4)25(22(19)13-15)26-23-11-6-5-9-20(23)21-10-7-8-16(2)24(21)26/h5-12,14H,13H2,1-4H3. The molecule has 1 nitrogen and oxygen atoms in total. The van der Waals surface area contributed by atoms with Crippen LogP contribution in [-0.4, -0.2) is 4.57 Å². The van der Waals surface area contributed by atoms with E-state index in [1.54, 1.807) is 0 Å². The first-order chi connectivity index (χ1) is 12.6. The van der Waals surface area contributed by atoms with E-state index >= 15 is 0 Å². The molecule has 1 aromatic heterocycles. The summed E-state index contributed by atoms with van der Waals surface area (Å²) >= 11 is 0. The quantitative estimate of drug-likeness (QED) is 0.365. The Hall–Kier alpha value is -2.80. The van der Waals surface area contributed by atoms with Crippen LogP contribution in [0.3, 0.4) is 0 Å². The molecular weight excluding hydrogens is 314 g/mol. The predicted molar refractivity (Wildman–Crippen MR) is 112 cm³/mol. The maximum Gasteiger partial charge on any atom is 0.0570 e. The van der Waals surface area contributed by atoms with E-state index in [4.69, 9.17) is 0 Å². The number of hydrogen-bond donors (Lipinski definition) is 0. The minimum Gasteiger partial charge on any atom is -0.308 e. The van der Waals surface area contributed by atoms with Gasteiger partial charge in [0.15, 0.2) is 0 Å². The van der Waals surface area contributed by atoms with Crippen LogP contribution < -0.4 is 0 Å². The minimum atomic E-state index is 1.05. The van der Waals surface area contributed by atoms with Gasteiger partial charge in [0.25, 0.3) is 0 Å². The van der Waals surface area contributed by atoms with Crippen molar-refractivity contribution in [3.05, 3.63) is 81.9 Å². The molecule has 3 aromatic carbocycles. The van der Waals surface area contributed by atoms with Crippen molar-refractivity contribution in [3.63, 3.8) is 0 Å². The highest BCUT2D eigenvalue weighted by Gasteiger charge is 2.22. The Morgan fingerprint density at radius 3 is 2.42 bits per heavy atom. The number of hydrogen-bond acceptors (Lipinski definition) is 0. The maximum absolute atomic E-state index is 2.52. The number of para-hydroxylation sites is 2. The second-order valence-corrected chi connectivity index (χ2v) is 7.73. The Balaban J connectivity index is 2.02. The largest absolute Gasteiger partial charge is 0.308 e. The molecule has 0 fully saturated rings. The first-order valence-corrected chi connectivity index (χ1v) is 9.35. The molecule has 0 spiro atoms. The van der Waals surface area contributed by atoms with Gasteiger partial charge >= 0.3 is 0 Å². The molecule has 0 radical (unpaired) electrons. The van der Waals surface area contributed by atoms with Gasteiger partial charge in [-0.3, -0.25) is 0 Å². The minimum absolute atomic E-state index is 1.05. The average molecular weight is 337 g/mol. The van der Waals surface area contributed by atoms with Gasteiger partial charge in [0.05, 0.1) is 16.7 Å². The van der Waals surface area contributed by atoms with Crippen molar-refractivity contribution in [2.24, 2.45) is 0 Å². The number of nitrogens with zero attached hydrogens (tertiary/aromatic N) is 1. The third-order valence-electron chi connectivity index (χ3n) is 5.93. The van der Waals surface area contributed by atoms with E-state index in [9.17, 15) is 0 Å². The zero-order valence-electron chi connectivity index (χ0n) is 15.9. The first-order valence-electron chi connectivity index (χ1n) is 9.35. The van der Waals surface area contributed by atoms with Gasteiger partial charge in [-0.25, -0.2) is 0 Å². The van der Waals surface area contributed by atoms with Gasteiger partial charge < -0.3 is 4.57 Å². The number of aryl methyl sites for hydroxylation is 2. The zero-order valence-corrected chi connectivity index (χ0v) is 15.9. The van der Waals surface area contributed by atoms with Crippen LogP contribution in [0.4, 0.5) is 0 Å². The molecule has 0 atom stereocenters. The number of fused-ring (bicyclic) bond motifs is 4. The summed E-state index contributed by atoms with van der Waals surface area (Å²) in [6, 6.07) is 17.8. The summed E-state index contributed by atoms with van der Waals surface area (Å²) in [4.78, 5) is 0. The lowest BCUT2D eigenvalue weighted by Gasteiger charge is -2.19. The van der Waals surface area contributed by atoms with Gasteiger partial charge in [-0.1, -0.05) is 54.1 Å². The van der Waals surface area contributed by atoms with Gasteiger partial charge in [-0.15, -0.1) is 0 Å². The Kier molecular flexibility index (Phi) is 3.18. The third-order valence-corrected chi connectivity index (χ3v) is 5.93. The Morgan fingerprint density at radius 2 is 1.58 bits per heavy atom. The van der Waals surface area contributed by atoms with Crippen molar-refractivity contribution in [1.29, 1.82) is 0 Å². The van der Waals surface area contributed by atoms with Gasteiger partial charge in [0.1, 0.15) is 0 Å². The van der Waals surface area contributed by atoms with E-state index in [-0.39, 0.29) is 0 Å². The Bertz CT molecular complexity index is 1230. The summed E-state index contributed by atoms with van der Waals surface area (Å²) in [7, 11) is 0. The summed E-state index contributed by atoms with van der Waals surface area (Å²) in [6.07, 6.45) is 3.40. The SMILES string of the molecule is CC1=Cc2cc(C)c(C)c(-n3c4ccccc4c4cccc(C)c43)c2C1. The topological polar surface area (TPSA) is 4.93 Å². The van der Waals surface area contributed by atoms with E-state index < -0.39 is 0 Å². The van der Waals surface area contributed by atoms with E-state index in [0.717, 1.165) is 6.42 Å². The summed E-state index contributed by atoms with van der Waals surface area (Å²) in [5, 5.41) is 2.68. The molecule has 1 aliphatic rings. The monoisotopic (exact) mass is 337 g/mol. The zero-order chi connectivity index (χ0) is 18.0. The molecule has 1 heteroatoms. The molecule has 4 aromatic rings. The fourth-order valence-corrected chi connectivity index (χ4v) is 4.61. The van der Waals surface area contributed by atoms with Gasteiger partial charge in [-0.05, 0) is 68.0 Å². The molecule has 0 saturated carbocycles. The number of aromatic nitrogens is 1. The summed E-state index contributed by atoms with van der Waals surface area (Å²) < 4.78 is 2.52. The molecule has 0 aliphatic heterocycles. The van der Waals surface area contributed by atoms with Crippen molar-refractivity contribution in [1.82, 2.24) is 4.57 Å². The van der Waals surface area contributed by atoms with Gasteiger partial charge in [0, 0.05) is 10.8 Å². The third kappa shape index (κ3) is 1.97. The first kappa shape index (κ1) is 15.5. The molecular formula is C25H23N. The fraction of sp³-hybridized carbons (Fsp3) is 0.200. The van der Waals surface area contributed by atoms with Crippen LogP contribution in [0.5, 0.6) is 0 Å². The Labute approximate surface area is 154 Å². The molecule has 0 saturated heterocycles. The van der Waals surface area contributed by atoms with Crippen molar-refractivity contribution in [2.75, 3.05) is 0 Å². The molecule has 128 valence electrons. The summed E-state index contributed by atoms with van der Waals surface area (Å²) in [5.74, 6) is 0.